The number of likely N-dealkylation sites (tertiary alicyclic amines) is 1. The molecule has 2 aliphatic rings. The molecule has 0 saturated carbocycles. The van der Waals surface area contributed by atoms with E-state index in [1.165, 1.54) is 0 Å². The van der Waals surface area contributed by atoms with Gasteiger partial charge in [0.25, 0.3) is 0 Å². The number of hydrogen-bond acceptors (Lipinski definition) is 5. The molecule has 1 spiro atoms. The van der Waals surface area contributed by atoms with Crippen LogP contribution < -0.4 is 10.1 Å². The fourth-order valence-corrected chi connectivity index (χ4v) is 4.93. The Morgan fingerprint density at radius 3 is 2.67 bits per heavy atom. The predicted octanol–water partition coefficient (Wildman–Crippen LogP) is 4.89. The number of rotatable bonds is 4. The molecule has 1 saturated heterocycles. The van der Waals surface area contributed by atoms with Crippen molar-refractivity contribution < 1.29 is 9.84 Å². The van der Waals surface area contributed by atoms with Crippen LogP contribution in [-0.4, -0.2) is 47.6 Å². The second-order valence-electron chi connectivity index (χ2n) is 8.56. The lowest BCUT2D eigenvalue weighted by Crippen LogP contribution is -2.56. The maximum Gasteiger partial charge on any atom is 0.120 e. The van der Waals surface area contributed by atoms with Gasteiger partial charge in [0.05, 0.1) is 7.11 Å². The molecule has 2 N–H and O–H groups in total. The number of nitrogens with zero attached hydrogens (tertiary/aromatic N) is 2. The first-order valence-corrected chi connectivity index (χ1v) is 11.4. The summed E-state index contributed by atoms with van der Waals surface area (Å²) in [5.74, 6) is 1.15. The van der Waals surface area contributed by atoms with Crippen molar-refractivity contribution in [2.24, 2.45) is 4.99 Å². The number of aromatic hydroxyl groups is 1. The van der Waals surface area contributed by atoms with E-state index in [0.717, 1.165) is 53.0 Å². The molecule has 5 nitrogen and oxygen atoms in total. The van der Waals surface area contributed by atoms with Crippen molar-refractivity contribution in [2.45, 2.75) is 50.9 Å². The third-order valence-electron chi connectivity index (χ3n) is 6.31. The Morgan fingerprint density at radius 1 is 1.20 bits per heavy atom. The minimum absolute atomic E-state index is 0.00759. The van der Waals surface area contributed by atoms with Crippen LogP contribution in [0, 0.1) is 0 Å². The summed E-state index contributed by atoms with van der Waals surface area (Å²) < 4.78 is 6.41. The summed E-state index contributed by atoms with van der Waals surface area (Å²) in [6, 6.07) is 14.3. The van der Waals surface area contributed by atoms with Crippen LogP contribution in [0.2, 0.25) is 0 Å². The van der Waals surface area contributed by atoms with Crippen molar-refractivity contribution in [3.05, 3.63) is 58.1 Å². The minimum atomic E-state index is -0.318. The zero-order valence-electron chi connectivity index (χ0n) is 17.9. The van der Waals surface area contributed by atoms with Gasteiger partial charge in [0.2, 0.25) is 0 Å². The van der Waals surface area contributed by atoms with Crippen LogP contribution in [0.5, 0.6) is 11.5 Å². The fourth-order valence-electron chi connectivity index (χ4n) is 4.55. The van der Waals surface area contributed by atoms with Crippen LogP contribution in [0.1, 0.15) is 50.3 Å². The molecule has 2 aromatic rings. The summed E-state index contributed by atoms with van der Waals surface area (Å²) in [6.07, 6.45) is 2.61. The molecular formula is C24H30BrN3O2. The maximum absolute atomic E-state index is 10.6. The average molecular weight is 472 g/mol. The summed E-state index contributed by atoms with van der Waals surface area (Å²) in [5, 5.41) is 14.4. The van der Waals surface area contributed by atoms with Crippen molar-refractivity contribution in [3.8, 4) is 11.5 Å². The highest BCUT2D eigenvalue weighted by molar-refractivity contribution is 9.10. The monoisotopic (exact) mass is 471 g/mol. The van der Waals surface area contributed by atoms with Crippen LogP contribution in [0.15, 0.2) is 51.9 Å². The van der Waals surface area contributed by atoms with Gasteiger partial charge in [-0.2, -0.15) is 0 Å². The van der Waals surface area contributed by atoms with Gasteiger partial charge in [0.15, 0.2) is 0 Å². The van der Waals surface area contributed by atoms with E-state index in [1.807, 2.05) is 24.3 Å². The van der Waals surface area contributed by atoms with E-state index >= 15 is 0 Å². The maximum atomic E-state index is 10.6. The molecule has 4 rings (SSSR count). The fraction of sp³-hybridized carbons (Fsp3) is 0.458. The Bertz CT molecular complexity index is 936. The second kappa shape index (κ2) is 8.69. The predicted molar refractivity (Wildman–Crippen MR) is 125 cm³/mol. The first-order chi connectivity index (χ1) is 14.4. The molecule has 2 aromatic carbocycles. The van der Waals surface area contributed by atoms with Gasteiger partial charge in [-0.15, -0.1) is 0 Å². The average Bonchev–Trinajstić information content (AvgIpc) is 2.75. The Balaban J connectivity index is 1.72. The van der Waals surface area contributed by atoms with E-state index in [-0.39, 0.29) is 11.7 Å². The highest BCUT2D eigenvalue weighted by atomic mass is 79.9. The lowest BCUT2D eigenvalue weighted by atomic mass is 9.87. The van der Waals surface area contributed by atoms with Crippen molar-refractivity contribution >= 4 is 21.6 Å². The van der Waals surface area contributed by atoms with Gasteiger partial charge in [-0.25, -0.2) is 0 Å². The standard InChI is InChI=1S/C24H30BrN3O2/c1-16(2)28-11-9-24(10-12-28)26-21(17-5-4-6-19(13-17)30-3)15-22(27-24)20-14-18(25)7-8-23(20)29/h4-8,13-14,16,22,27,29H,9-12,15H2,1-3H3/t22-/m0/s1. The van der Waals surface area contributed by atoms with Gasteiger partial charge < -0.3 is 14.7 Å². The van der Waals surface area contributed by atoms with Crippen molar-refractivity contribution in [1.82, 2.24) is 10.2 Å². The van der Waals surface area contributed by atoms with E-state index in [4.69, 9.17) is 9.73 Å². The molecule has 0 bridgehead atoms. The lowest BCUT2D eigenvalue weighted by molar-refractivity contribution is 0.103. The highest BCUT2D eigenvalue weighted by Crippen LogP contribution is 2.38. The quantitative estimate of drug-likeness (QED) is 0.666. The Kier molecular flexibility index (Phi) is 6.19. The molecule has 1 atom stereocenters. The van der Waals surface area contributed by atoms with E-state index in [1.54, 1.807) is 13.2 Å². The number of piperidine rings is 1. The molecule has 1 fully saturated rings. The Hall–Kier alpha value is -1.89. The smallest absolute Gasteiger partial charge is 0.120 e. The van der Waals surface area contributed by atoms with Gasteiger partial charge in [0.1, 0.15) is 17.2 Å². The molecular weight excluding hydrogens is 442 g/mol. The van der Waals surface area contributed by atoms with Gasteiger partial charge >= 0.3 is 0 Å². The zero-order chi connectivity index (χ0) is 21.3. The molecule has 160 valence electrons. The number of phenols is 1. The Labute approximate surface area is 187 Å². The number of aliphatic imine (C=N–C) groups is 1. The molecule has 2 heterocycles. The third-order valence-corrected chi connectivity index (χ3v) is 6.81. The summed E-state index contributed by atoms with van der Waals surface area (Å²) in [5.41, 5.74) is 2.74. The minimum Gasteiger partial charge on any atom is -0.508 e. The van der Waals surface area contributed by atoms with E-state index in [9.17, 15) is 5.11 Å². The number of hydrogen-bond donors (Lipinski definition) is 2. The second-order valence-corrected chi connectivity index (χ2v) is 9.47. The largest absolute Gasteiger partial charge is 0.508 e. The highest BCUT2D eigenvalue weighted by Gasteiger charge is 2.41. The zero-order valence-corrected chi connectivity index (χ0v) is 19.4. The molecule has 2 aliphatic heterocycles. The summed E-state index contributed by atoms with van der Waals surface area (Å²) in [6.45, 7) is 6.52. The van der Waals surface area contributed by atoms with Gasteiger partial charge in [-0.05, 0) is 62.6 Å². The van der Waals surface area contributed by atoms with E-state index in [0.29, 0.717) is 18.2 Å². The van der Waals surface area contributed by atoms with Gasteiger partial charge in [0, 0.05) is 47.3 Å². The van der Waals surface area contributed by atoms with Crippen LogP contribution in [0.25, 0.3) is 0 Å². The lowest BCUT2D eigenvalue weighted by Gasteiger charge is -2.46. The summed E-state index contributed by atoms with van der Waals surface area (Å²) in [4.78, 5) is 7.78. The van der Waals surface area contributed by atoms with Crippen LogP contribution in [0.3, 0.4) is 0 Å². The summed E-state index contributed by atoms with van der Waals surface area (Å²) >= 11 is 3.56. The van der Waals surface area contributed by atoms with Crippen molar-refractivity contribution in [1.29, 1.82) is 0 Å². The van der Waals surface area contributed by atoms with Gasteiger partial charge in [-0.1, -0.05) is 28.1 Å². The van der Waals surface area contributed by atoms with Crippen molar-refractivity contribution in [2.75, 3.05) is 20.2 Å². The van der Waals surface area contributed by atoms with Crippen LogP contribution in [-0.2, 0) is 0 Å². The molecule has 0 amide bonds. The number of phenolic OH excluding ortho intramolecular Hbond substituents is 1. The van der Waals surface area contributed by atoms with Crippen LogP contribution in [0.4, 0.5) is 0 Å². The number of ether oxygens (including phenoxy) is 1. The van der Waals surface area contributed by atoms with Gasteiger partial charge in [-0.3, -0.25) is 10.3 Å². The third kappa shape index (κ3) is 4.41. The van der Waals surface area contributed by atoms with E-state index in [2.05, 4.69) is 52.1 Å². The SMILES string of the molecule is COc1cccc(C2=NC3(CCN(C(C)C)CC3)N[C@H](c3cc(Br)ccc3O)C2)c1. The normalized spacial score (nSPS) is 21.6. The first-order valence-electron chi connectivity index (χ1n) is 10.6. The molecule has 30 heavy (non-hydrogen) atoms. The number of nitrogens with one attached hydrogen (secondary N) is 1. The van der Waals surface area contributed by atoms with Crippen LogP contribution >= 0.6 is 15.9 Å². The van der Waals surface area contributed by atoms with Crippen molar-refractivity contribution in [3.63, 3.8) is 0 Å². The molecule has 0 aromatic heterocycles. The summed E-state index contributed by atoms with van der Waals surface area (Å²) in [7, 11) is 1.69. The molecule has 0 radical (unpaired) electrons. The number of benzene rings is 2. The molecule has 0 unspecified atom stereocenters. The van der Waals surface area contributed by atoms with E-state index < -0.39 is 0 Å². The molecule has 6 heteroatoms. The number of halogens is 1. The molecule has 0 aliphatic carbocycles. The topological polar surface area (TPSA) is 57.1 Å². The first kappa shape index (κ1) is 21.3. The number of methoxy groups -OCH3 is 1. The Morgan fingerprint density at radius 2 is 1.97 bits per heavy atom.